The van der Waals surface area contributed by atoms with Gasteiger partial charge < -0.3 is 0 Å². The van der Waals surface area contributed by atoms with Crippen molar-refractivity contribution in [1.29, 1.82) is 0 Å². The van der Waals surface area contributed by atoms with Crippen LogP contribution in [0.4, 0.5) is 0 Å². The Morgan fingerprint density at radius 1 is 0.933 bits per heavy atom. The minimum atomic E-state index is -0.0112. The number of aliphatic imine (C=N–C) groups is 3. The van der Waals surface area contributed by atoms with Crippen molar-refractivity contribution in [3.05, 3.63) is 36.6 Å². The first-order valence-electron chi connectivity index (χ1n) is 11.2. The predicted octanol–water partition coefficient (Wildman–Crippen LogP) is 5.68. The van der Waals surface area contributed by atoms with Crippen molar-refractivity contribution in [3.63, 3.8) is 0 Å². The molecule has 3 atom stereocenters. The Morgan fingerprint density at radius 3 is 2.37 bits per heavy atom. The molecule has 30 heavy (non-hydrogen) atoms. The fourth-order valence-corrected chi connectivity index (χ4v) is 4.51. The molecule has 0 N–H and O–H groups in total. The number of hydrogen-bond acceptors (Lipinski definition) is 5. The van der Waals surface area contributed by atoms with Crippen LogP contribution in [0.2, 0.25) is 0 Å². The Hall–Kier alpha value is -2.17. The van der Waals surface area contributed by atoms with Gasteiger partial charge in [0.05, 0.1) is 5.69 Å². The predicted molar refractivity (Wildman–Crippen MR) is 126 cm³/mol. The molecule has 0 amide bonds. The largest absolute Gasteiger partial charge is 0.273 e. The molecule has 162 valence electrons. The molecule has 0 radical (unpaired) electrons. The van der Waals surface area contributed by atoms with Gasteiger partial charge in [-0.05, 0) is 48.9 Å². The van der Waals surface area contributed by atoms with E-state index in [1.807, 2.05) is 12.4 Å². The van der Waals surface area contributed by atoms with Crippen molar-refractivity contribution in [1.82, 2.24) is 9.97 Å². The highest BCUT2D eigenvalue weighted by molar-refractivity contribution is 5.76. The summed E-state index contributed by atoms with van der Waals surface area (Å²) in [4.78, 5) is 22.0. The molecule has 0 saturated heterocycles. The molecular weight excluding hydrogens is 370 g/mol. The number of hydrogen-bond donors (Lipinski definition) is 0. The molecule has 0 aromatic carbocycles. The smallest absolute Gasteiger partial charge is 0.109 e. The minimum Gasteiger partial charge on any atom is -0.273 e. The zero-order valence-corrected chi connectivity index (χ0v) is 19.3. The summed E-state index contributed by atoms with van der Waals surface area (Å²) in [5, 5.41) is 0. The first-order valence-corrected chi connectivity index (χ1v) is 11.2. The molecule has 5 nitrogen and oxygen atoms in total. The van der Waals surface area contributed by atoms with Gasteiger partial charge in [0.25, 0.3) is 0 Å². The summed E-state index contributed by atoms with van der Waals surface area (Å²) in [5.74, 6) is 0.924. The Morgan fingerprint density at radius 2 is 1.73 bits per heavy atom. The van der Waals surface area contributed by atoms with E-state index in [1.54, 1.807) is 18.7 Å². The van der Waals surface area contributed by atoms with Gasteiger partial charge in [-0.25, -0.2) is 4.99 Å². The van der Waals surface area contributed by atoms with Crippen LogP contribution in [0.15, 0.2) is 45.8 Å². The Labute approximate surface area is 182 Å². The molecule has 0 bridgehead atoms. The van der Waals surface area contributed by atoms with E-state index in [2.05, 4.69) is 78.1 Å². The topological polar surface area (TPSA) is 62.9 Å². The van der Waals surface area contributed by atoms with Gasteiger partial charge in [0.15, 0.2) is 0 Å². The van der Waals surface area contributed by atoms with Crippen LogP contribution < -0.4 is 0 Å². The van der Waals surface area contributed by atoms with Crippen molar-refractivity contribution in [2.45, 2.75) is 72.1 Å². The maximum atomic E-state index is 4.58. The van der Waals surface area contributed by atoms with Crippen LogP contribution in [0.3, 0.4) is 0 Å². The van der Waals surface area contributed by atoms with E-state index < -0.39 is 0 Å². The van der Waals surface area contributed by atoms with Crippen LogP contribution in [0.25, 0.3) is 0 Å². The molecule has 3 heterocycles. The molecule has 0 spiro atoms. The van der Waals surface area contributed by atoms with E-state index in [9.17, 15) is 0 Å². The lowest BCUT2D eigenvalue weighted by Gasteiger charge is -2.42. The van der Waals surface area contributed by atoms with Crippen LogP contribution in [0.5, 0.6) is 0 Å². The highest BCUT2D eigenvalue weighted by Gasteiger charge is 2.38. The first kappa shape index (κ1) is 22.5. The van der Waals surface area contributed by atoms with Crippen LogP contribution >= 0.6 is 0 Å². The van der Waals surface area contributed by atoms with E-state index in [-0.39, 0.29) is 16.2 Å². The monoisotopic (exact) mass is 407 g/mol. The zero-order chi connectivity index (χ0) is 21.7. The lowest BCUT2D eigenvalue weighted by atomic mass is 9.64. The molecule has 2 aliphatic rings. The minimum absolute atomic E-state index is 0.0112. The lowest BCUT2D eigenvalue weighted by molar-refractivity contribution is 0.135. The van der Waals surface area contributed by atoms with Gasteiger partial charge in [-0.1, -0.05) is 40.7 Å². The van der Waals surface area contributed by atoms with Crippen molar-refractivity contribution >= 4 is 18.8 Å². The Bertz CT molecular complexity index is 806. The summed E-state index contributed by atoms with van der Waals surface area (Å²) in [5.41, 5.74) is 1.43. The third kappa shape index (κ3) is 5.50. The summed E-state index contributed by atoms with van der Waals surface area (Å²) in [6, 6.07) is 0. The molecule has 0 aliphatic carbocycles. The quantitative estimate of drug-likeness (QED) is 0.528. The van der Waals surface area contributed by atoms with Gasteiger partial charge in [0.2, 0.25) is 0 Å². The molecular formula is C25H37N5. The van der Waals surface area contributed by atoms with E-state index in [0.717, 1.165) is 37.9 Å². The third-order valence-corrected chi connectivity index (χ3v) is 7.40. The standard InChI is InChI=1S/C25H37N5/c1-23(2,20-6-12-26-13-7-20)8-10-25(5,21-16-28-19-29-17-21)11-9-24(3,4)22-18-27-14-15-30-22/h6,12-16,18-21H,7-11,17H2,1-5H3. The third-order valence-electron chi connectivity index (χ3n) is 7.40. The zero-order valence-electron chi connectivity index (χ0n) is 19.3. The van der Waals surface area contributed by atoms with Crippen molar-refractivity contribution in [2.75, 3.05) is 6.54 Å². The van der Waals surface area contributed by atoms with Crippen LogP contribution in [0, 0.1) is 22.7 Å². The van der Waals surface area contributed by atoms with Gasteiger partial charge in [0.1, 0.15) is 6.34 Å². The van der Waals surface area contributed by atoms with Gasteiger partial charge in [0, 0.05) is 55.1 Å². The molecule has 1 aromatic heterocycles. The summed E-state index contributed by atoms with van der Waals surface area (Å²) < 4.78 is 0. The second kappa shape index (κ2) is 9.32. The van der Waals surface area contributed by atoms with Crippen molar-refractivity contribution < 1.29 is 0 Å². The second-order valence-corrected chi connectivity index (χ2v) is 10.5. The maximum absolute atomic E-state index is 4.58. The summed E-state index contributed by atoms with van der Waals surface area (Å²) >= 11 is 0. The first-order chi connectivity index (χ1) is 14.2. The number of allylic oxidation sites excluding steroid dienone is 1. The van der Waals surface area contributed by atoms with Crippen LogP contribution in [-0.4, -0.2) is 35.3 Å². The average Bonchev–Trinajstić information content (AvgIpc) is 2.78. The summed E-state index contributed by atoms with van der Waals surface area (Å²) in [6.45, 7) is 12.6. The molecule has 3 rings (SSSR count). The number of nitrogens with zero attached hydrogens (tertiary/aromatic N) is 5. The Kier molecular flexibility index (Phi) is 6.99. The van der Waals surface area contributed by atoms with Crippen molar-refractivity contribution in [2.24, 2.45) is 37.6 Å². The summed E-state index contributed by atoms with van der Waals surface area (Å²) in [7, 11) is 0. The molecule has 1 aromatic rings. The highest BCUT2D eigenvalue weighted by Crippen LogP contribution is 2.46. The van der Waals surface area contributed by atoms with Crippen LogP contribution in [-0.2, 0) is 5.41 Å². The van der Waals surface area contributed by atoms with E-state index >= 15 is 0 Å². The Balaban J connectivity index is 1.72. The van der Waals surface area contributed by atoms with Crippen molar-refractivity contribution in [3.8, 4) is 0 Å². The normalized spacial score (nSPS) is 23.5. The molecule has 0 fully saturated rings. The van der Waals surface area contributed by atoms with E-state index in [0.29, 0.717) is 11.8 Å². The molecule has 3 unspecified atom stereocenters. The number of aromatic nitrogens is 2. The molecule has 5 heteroatoms. The average molecular weight is 408 g/mol. The van der Waals surface area contributed by atoms with Gasteiger partial charge in [-0.3, -0.25) is 20.0 Å². The SMILES string of the molecule is CC(C)(CCC(C)(CCC(C)(C)C1C=CN=CC1)C1C=NC=NC1)c1cnccn1. The second-order valence-electron chi connectivity index (χ2n) is 10.5. The molecule has 0 saturated carbocycles. The molecule has 2 aliphatic heterocycles. The van der Waals surface area contributed by atoms with Gasteiger partial charge in [-0.2, -0.15) is 0 Å². The van der Waals surface area contributed by atoms with E-state index in [1.165, 1.54) is 6.42 Å². The highest BCUT2D eigenvalue weighted by atomic mass is 14.9. The lowest BCUT2D eigenvalue weighted by Crippen LogP contribution is -2.36. The summed E-state index contributed by atoms with van der Waals surface area (Å²) in [6.07, 6.45) is 21.1. The fraction of sp³-hybridized carbons (Fsp3) is 0.640. The van der Waals surface area contributed by atoms with Crippen LogP contribution in [0.1, 0.15) is 72.4 Å². The maximum Gasteiger partial charge on any atom is 0.109 e. The number of rotatable bonds is 9. The fourth-order valence-electron chi connectivity index (χ4n) is 4.51. The van der Waals surface area contributed by atoms with E-state index in [4.69, 9.17) is 0 Å². The van der Waals surface area contributed by atoms with Gasteiger partial charge in [-0.15, -0.1) is 0 Å². The van der Waals surface area contributed by atoms with Gasteiger partial charge >= 0.3 is 0 Å².